The van der Waals surface area contributed by atoms with Crippen LogP contribution in [0.15, 0.2) is 29.2 Å². The van der Waals surface area contributed by atoms with Crippen LogP contribution in [0.5, 0.6) is 5.75 Å². The lowest BCUT2D eigenvalue weighted by Crippen LogP contribution is -2.22. The van der Waals surface area contributed by atoms with E-state index in [-0.39, 0.29) is 28.6 Å². The van der Waals surface area contributed by atoms with Gasteiger partial charge in [-0.05, 0) is 38.3 Å². The maximum absolute atomic E-state index is 12.3. The Bertz CT molecular complexity index is 882. The van der Waals surface area contributed by atoms with Crippen LogP contribution >= 0.6 is 0 Å². The topological polar surface area (TPSA) is 88.3 Å². The number of carbonyl (C=O) groups excluding carboxylic acids is 1. The summed E-state index contributed by atoms with van der Waals surface area (Å²) in [6.07, 6.45) is 2.28. The molecule has 0 aliphatic heterocycles. The molecule has 1 amide bonds. The summed E-state index contributed by atoms with van der Waals surface area (Å²) in [6.45, 7) is 8.28. The number of hydrogen-bond donors (Lipinski definition) is 2. The Balaban J connectivity index is 1.96. The number of rotatable bonds is 8. The first-order chi connectivity index (χ1) is 12.8. The average Bonchev–Trinajstić information content (AvgIpc) is 2.57. The smallest absolute Gasteiger partial charge is 0.237 e. The van der Waals surface area contributed by atoms with E-state index in [1.807, 2.05) is 39.8 Å². The first-order valence-electron chi connectivity index (χ1n) is 8.87. The molecule has 0 saturated carbocycles. The molecule has 1 heterocycles. The fourth-order valence-corrected chi connectivity index (χ4v) is 3.81. The van der Waals surface area contributed by atoms with Crippen molar-refractivity contribution in [2.45, 2.75) is 39.9 Å². The van der Waals surface area contributed by atoms with Crippen molar-refractivity contribution in [3.05, 3.63) is 57.0 Å². The summed E-state index contributed by atoms with van der Waals surface area (Å²) in [5, 5.41) is 2.84. The van der Waals surface area contributed by atoms with E-state index in [0.29, 0.717) is 12.3 Å². The Morgan fingerprint density at radius 3 is 2.44 bits per heavy atom. The predicted octanol–water partition coefficient (Wildman–Crippen LogP) is 2.98. The number of hydrogen-bond acceptors (Lipinski definition) is 4. The molecule has 2 aromatic rings. The van der Waals surface area contributed by atoms with Gasteiger partial charge in [0.25, 0.3) is 0 Å². The maximum atomic E-state index is 12.3. The van der Waals surface area contributed by atoms with Gasteiger partial charge in [-0.15, -0.1) is 0 Å². The van der Waals surface area contributed by atoms with Crippen LogP contribution in [-0.4, -0.2) is 27.5 Å². The van der Waals surface area contributed by atoms with Crippen molar-refractivity contribution < 1.29 is 13.7 Å². The van der Waals surface area contributed by atoms with E-state index in [4.69, 9.17) is 4.74 Å². The third-order valence-corrected chi connectivity index (χ3v) is 5.17. The highest BCUT2D eigenvalue weighted by Crippen LogP contribution is 2.21. The minimum absolute atomic E-state index is 0.0998. The lowest BCUT2D eigenvalue weighted by molar-refractivity contribution is -0.113. The van der Waals surface area contributed by atoms with Crippen LogP contribution in [0.1, 0.15) is 35.7 Å². The highest BCUT2D eigenvalue weighted by molar-refractivity contribution is 7.84. The molecule has 6 nitrogen and oxygen atoms in total. The van der Waals surface area contributed by atoms with Crippen molar-refractivity contribution in [1.29, 1.82) is 0 Å². The van der Waals surface area contributed by atoms with Gasteiger partial charge in [0.2, 0.25) is 11.3 Å². The van der Waals surface area contributed by atoms with Crippen molar-refractivity contribution in [2.24, 2.45) is 0 Å². The van der Waals surface area contributed by atoms with Crippen LogP contribution in [0.25, 0.3) is 0 Å². The fourth-order valence-electron chi connectivity index (χ4n) is 2.83. The van der Waals surface area contributed by atoms with Crippen LogP contribution in [0, 0.1) is 20.8 Å². The molecule has 146 valence electrons. The van der Waals surface area contributed by atoms with E-state index in [2.05, 4.69) is 10.3 Å². The number of aryl methyl sites for hydroxylation is 3. The number of pyridine rings is 1. The van der Waals surface area contributed by atoms with E-state index in [1.54, 1.807) is 0 Å². The van der Waals surface area contributed by atoms with Gasteiger partial charge in [-0.3, -0.25) is 13.8 Å². The van der Waals surface area contributed by atoms with Gasteiger partial charge in [0.1, 0.15) is 5.75 Å². The van der Waals surface area contributed by atoms with Crippen molar-refractivity contribution >= 4 is 22.4 Å². The third-order valence-electron chi connectivity index (χ3n) is 3.95. The zero-order chi connectivity index (χ0) is 20.0. The molecule has 2 N–H and O–H groups in total. The Kier molecular flexibility index (Phi) is 7.36. The summed E-state index contributed by atoms with van der Waals surface area (Å²) in [7, 11) is -1.44. The van der Waals surface area contributed by atoms with Crippen molar-refractivity contribution in [3.8, 4) is 5.75 Å². The molecule has 0 spiro atoms. The first-order valence-corrected chi connectivity index (χ1v) is 10.4. The molecule has 0 aliphatic rings. The molecule has 0 radical (unpaired) electrons. The van der Waals surface area contributed by atoms with E-state index >= 15 is 0 Å². The van der Waals surface area contributed by atoms with Crippen molar-refractivity contribution in [1.82, 2.24) is 4.98 Å². The highest BCUT2D eigenvalue weighted by Gasteiger charge is 2.13. The number of ether oxygens (including phenoxy) is 1. The van der Waals surface area contributed by atoms with Gasteiger partial charge in [0.15, 0.2) is 5.75 Å². The molecule has 2 rings (SSSR count). The van der Waals surface area contributed by atoms with Gasteiger partial charge in [-0.2, -0.15) is 0 Å². The monoisotopic (exact) mass is 390 g/mol. The van der Waals surface area contributed by atoms with Gasteiger partial charge in [-0.25, -0.2) is 0 Å². The number of aromatic nitrogens is 1. The molecule has 0 bridgehead atoms. The average molecular weight is 391 g/mol. The maximum Gasteiger partial charge on any atom is 0.237 e. The Morgan fingerprint density at radius 1 is 1.19 bits per heavy atom. The number of anilines is 1. The minimum atomic E-state index is -1.44. The minimum Gasteiger partial charge on any atom is -0.488 e. The summed E-state index contributed by atoms with van der Waals surface area (Å²) in [6, 6.07) is 5.36. The molecular weight excluding hydrogens is 364 g/mol. The molecule has 1 atom stereocenters. The summed E-state index contributed by atoms with van der Waals surface area (Å²) in [4.78, 5) is 27.1. The molecule has 1 aromatic carbocycles. The molecule has 27 heavy (non-hydrogen) atoms. The quantitative estimate of drug-likeness (QED) is 0.725. The molecule has 0 saturated heterocycles. The number of benzene rings is 1. The van der Waals surface area contributed by atoms with E-state index in [1.165, 1.54) is 12.3 Å². The lowest BCUT2D eigenvalue weighted by atomic mass is 10.1. The zero-order valence-corrected chi connectivity index (χ0v) is 17.0. The van der Waals surface area contributed by atoms with Crippen LogP contribution in [0.2, 0.25) is 0 Å². The third kappa shape index (κ3) is 6.06. The molecule has 1 aromatic heterocycles. The van der Waals surface area contributed by atoms with Crippen LogP contribution in [0.4, 0.5) is 5.69 Å². The number of amides is 1. The number of H-pyrrole nitrogens is 1. The van der Waals surface area contributed by atoms with E-state index in [0.717, 1.165) is 28.8 Å². The lowest BCUT2D eigenvalue weighted by Gasteiger charge is -2.13. The molecule has 7 heteroatoms. The Morgan fingerprint density at radius 2 is 1.85 bits per heavy atom. The second-order valence-corrected chi connectivity index (χ2v) is 8.04. The summed E-state index contributed by atoms with van der Waals surface area (Å²) in [5.74, 6) is -0.103. The second-order valence-electron chi connectivity index (χ2n) is 6.59. The Labute approximate surface area is 161 Å². The van der Waals surface area contributed by atoms with Gasteiger partial charge in [0, 0.05) is 34.4 Å². The molecule has 1 unspecified atom stereocenters. The zero-order valence-electron chi connectivity index (χ0n) is 16.2. The molecule has 0 fully saturated rings. The normalized spacial score (nSPS) is 11.9. The first kappa shape index (κ1) is 20.9. The fraction of sp³-hybridized carbons (Fsp3) is 0.400. The highest BCUT2D eigenvalue weighted by atomic mass is 32.2. The summed E-state index contributed by atoms with van der Waals surface area (Å²) >= 11 is 0. The summed E-state index contributed by atoms with van der Waals surface area (Å²) < 4.78 is 17.6. The van der Waals surface area contributed by atoms with Crippen molar-refractivity contribution in [3.63, 3.8) is 0 Å². The van der Waals surface area contributed by atoms with Crippen LogP contribution < -0.4 is 15.5 Å². The predicted molar refractivity (Wildman–Crippen MR) is 109 cm³/mol. The van der Waals surface area contributed by atoms with Gasteiger partial charge < -0.3 is 15.0 Å². The van der Waals surface area contributed by atoms with Gasteiger partial charge in [0.05, 0.1) is 12.4 Å². The van der Waals surface area contributed by atoms with Gasteiger partial charge in [-0.1, -0.05) is 24.6 Å². The largest absolute Gasteiger partial charge is 0.488 e. The summed E-state index contributed by atoms with van der Waals surface area (Å²) in [5.41, 5.74) is 4.08. The van der Waals surface area contributed by atoms with E-state index in [9.17, 15) is 13.8 Å². The van der Waals surface area contributed by atoms with Crippen molar-refractivity contribution in [2.75, 3.05) is 17.7 Å². The number of carbonyl (C=O) groups is 1. The van der Waals surface area contributed by atoms with E-state index < -0.39 is 10.8 Å². The Hall–Kier alpha value is -2.41. The molecular formula is C20H26N2O4S. The standard InChI is InChI=1S/C20H26N2O4S/c1-5-6-26-18-10-21-16(9-17(18)23)11-27(25)12-19(24)22-20-14(3)7-13(2)8-15(20)4/h7-10H,5-6,11-12H2,1-4H3,(H,21,23)(H,22,24). The van der Waals surface area contributed by atoms with Crippen LogP contribution in [-0.2, 0) is 21.3 Å². The van der Waals surface area contributed by atoms with Crippen LogP contribution in [0.3, 0.4) is 0 Å². The number of nitrogens with one attached hydrogen (secondary N) is 2. The molecule has 0 aliphatic carbocycles. The number of aromatic amines is 1. The SMILES string of the molecule is CCCOc1c[nH]c(CS(=O)CC(=O)Nc2c(C)cc(C)cc2C)cc1=O. The van der Waals surface area contributed by atoms with Gasteiger partial charge >= 0.3 is 0 Å². The second kappa shape index (κ2) is 9.50.